The molecule has 1 atom stereocenters. The Hall–Kier alpha value is -2.34. The highest BCUT2D eigenvalue weighted by molar-refractivity contribution is 7.99. The molecule has 0 aliphatic carbocycles. The van der Waals surface area contributed by atoms with Gasteiger partial charge in [-0.05, 0) is 41.3 Å². The molecule has 2 amide bonds. The summed E-state index contributed by atoms with van der Waals surface area (Å²) in [5, 5.41) is 2.95. The fraction of sp³-hybridized carbons (Fsp3) is 0.381. The van der Waals surface area contributed by atoms with Gasteiger partial charge in [-0.15, -0.1) is 11.8 Å². The number of hydrogen-bond acceptors (Lipinski definition) is 4. The minimum absolute atomic E-state index is 0.0658. The summed E-state index contributed by atoms with van der Waals surface area (Å²) >= 11 is 1.74. The Kier molecular flexibility index (Phi) is 6.16. The van der Waals surface area contributed by atoms with E-state index >= 15 is 0 Å². The van der Waals surface area contributed by atoms with E-state index in [1.165, 1.54) is 5.56 Å². The minimum atomic E-state index is -0.0934. The Bertz CT molecular complexity index is 770. The van der Waals surface area contributed by atoms with Crippen molar-refractivity contribution in [3.63, 3.8) is 0 Å². The van der Waals surface area contributed by atoms with Crippen molar-refractivity contribution < 1.29 is 14.3 Å². The summed E-state index contributed by atoms with van der Waals surface area (Å²) in [6.07, 6.45) is 0. The number of nitrogens with zero attached hydrogens (tertiary/aromatic N) is 1. The van der Waals surface area contributed by atoms with Gasteiger partial charge >= 0.3 is 6.03 Å². The fourth-order valence-electron chi connectivity index (χ4n) is 3.07. The molecule has 0 spiro atoms. The third-order valence-corrected chi connectivity index (χ3v) is 5.90. The molecule has 1 unspecified atom stereocenters. The zero-order valence-electron chi connectivity index (χ0n) is 16.2. The summed E-state index contributed by atoms with van der Waals surface area (Å²) < 4.78 is 10.7. The van der Waals surface area contributed by atoms with Crippen LogP contribution in [0.2, 0.25) is 0 Å². The van der Waals surface area contributed by atoms with Crippen LogP contribution >= 0.6 is 11.8 Å². The van der Waals surface area contributed by atoms with Crippen molar-refractivity contribution >= 4 is 23.5 Å². The molecule has 0 aromatic heterocycles. The highest BCUT2D eigenvalue weighted by Gasteiger charge is 2.31. The lowest BCUT2D eigenvalue weighted by atomic mass is 10.0. The first-order chi connectivity index (χ1) is 13.0. The molecule has 1 saturated heterocycles. The second-order valence-electron chi connectivity index (χ2n) is 6.77. The van der Waals surface area contributed by atoms with Gasteiger partial charge in [0.25, 0.3) is 0 Å². The number of carbonyl (C=O) groups is 1. The second kappa shape index (κ2) is 8.57. The first-order valence-corrected chi connectivity index (χ1v) is 10.1. The smallest absolute Gasteiger partial charge is 0.323 e. The van der Waals surface area contributed by atoms with Crippen molar-refractivity contribution in [1.82, 2.24) is 4.90 Å². The van der Waals surface area contributed by atoms with Crippen LogP contribution in [0.1, 0.15) is 36.3 Å². The lowest BCUT2D eigenvalue weighted by Crippen LogP contribution is -2.34. The number of thioether (sulfide) groups is 1. The SMILES string of the molecule is COc1cc(OC)cc(C2SCCN2C(=O)Nc2ccc(C(C)C)cc2)c1. The van der Waals surface area contributed by atoms with Crippen LogP contribution in [-0.4, -0.2) is 37.4 Å². The molecular weight excluding hydrogens is 360 g/mol. The van der Waals surface area contributed by atoms with E-state index < -0.39 is 0 Å². The van der Waals surface area contributed by atoms with Crippen molar-refractivity contribution in [2.75, 3.05) is 31.8 Å². The van der Waals surface area contributed by atoms with Gasteiger partial charge in [0.05, 0.1) is 14.2 Å². The van der Waals surface area contributed by atoms with Crippen molar-refractivity contribution in [2.24, 2.45) is 0 Å². The third-order valence-electron chi connectivity index (χ3n) is 4.64. The molecular formula is C21H26N2O3S. The predicted molar refractivity (Wildman–Crippen MR) is 111 cm³/mol. The highest BCUT2D eigenvalue weighted by atomic mass is 32.2. The van der Waals surface area contributed by atoms with E-state index in [0.29, 0.717) is 12.5 Å². The molecule has 2 aromatic rings. The van der Waals surface area contributed by atoms with Crippen LogP contribution in [-0.2, 0) is 0 Å². The summed E-state index contributed by atoms with van der Waals surface area (Å²) in [4.78, 5) is 14.7. The largest absolute Gasteiger partial charge is 0.497 e. The first-order valence-electron chi connectivity index (χ1n) is 9.04. The molecule has 1 N–H and O–H groups in total. The van der Waals surface area contributed by atoms with E-state index in [-0.39, 0.29) is 11.4 Å². The maximum atomic E-state index is 12.9. The number of anilines is 1. The van der Waals surface area contributed by atoms with E-state index in [1.807, 2.05) is 35.2 Å². The lowest BCUT2D eigenvalue weighted by Gasteiger charge is -2.25. The van der Waals surface area contributed by atoms with Crippen molar-refractivity contribution in [3.05, 3.63) is 53.6 Å². The zero-order valence-corrected chi connectivity index (χ0v) is 17.0. The second-order valence-corrected chi connectivity index (χ2v) is 7.96. The average molecular weight is 387 g/mol. The van der Waals surface area contributed by atoms with Crippen LogP contribution in [0.5, 0.6) is 11.5 Å². The number of ether oxygens (including phenoxy) is 2. The first kappa shape index (κ1) is 19.4. The van der Waals surface area contributed by atoms with Gasteiger partial charge in [-0.25, -0.2) is 4.79 Å². The monoisotopic (exact) mass is 386 g/mol. The quantitative estimate of drug-likeness (QED) is 0.776. The summed E-state index contributed by atoms with van der Waals surface area (Å²) in [6, 6.07) is 13.7. The Morgan fingerprint density at radius 1 is 1.11 bits per heavy atom. The molecule has 3 rings (SSSR count). The molecule has 1 aliphatic rings. The number of methoxy groups -OCH3 is 2. The highest BCUT2D eigenvalue weighted by Crippen LogP contribution is 2.40. The topological polar surface area (TPSA) is 50.8 Å². The molecule has 0 bridgehead atoms. The van der Waals surface area contributed by atoms with Gasteiger partial charge in [0.2, 0.25) is 0 Å². The molecule has 6 heteroatoms. The van der Waals surface area contributed by atoms with Crippen LogP contribution in [0.15, 0.2) is 42.5 Å². The van der Waals surface area contributed by atoms with Gasteiger partial charge in [0, 0.05) is 24.1 Å². The average Bonchev–Trinajstić information content (AvgIpc) is 3.18. The molecule has 27 heavy (non-hydrogen) atoms. The molecule has 0 radical (unpaired) electrons. The summed E-state index contributed by atoms with van der Waals surface area (Å²) in [5.74, 6) is 2.81. The Balaban J connectivity index is 1.76. The molecule has 5 nitrogen and oxygen atoms in total. The van der Waals surface area contributed by atoms with E-state index in [9.17, 15) is 4.79 Å². The maximum absolute atomic E-state index is 12.9. The lowest BCUT2D eigenvalue weighted by molar-refractivity contribution is 0.214. The summed E-state index contributed by atoms with van der Waals surface area (Å²) in [7, 11) is 3.26. The number of rotatable bonds is 5. The van der Waals surface area contributed by atoms with Gasteiger partial charge in [-0.1, -0.05) is 26.0 Å². The van der Waals surface area contributed by atoms with Crippen molar-refractivity contribution in [3.8, 4) is 11.5 Å². The van der Waals surface area contributed by atoms with Crippen LogP contribution in [0.3, 0.4) is 0 Å². The fourth-order valence-corrected chi connectivity index (χ4v) is 4.31. The maximum Gasteiger partial charge on any atom is 0.323 e. The van der Waals surface area contributed by atoms with Crippen LogP contribution in [0, 0.1) is 0 Å². The third kappa shape index (κ3) is 4.50. The van der Waals surface area contributed by atoms with E-state index in [0.717, 1.165) is 28.5 Å². The predicted octanol–water partition coefficient (Wildman–Crippen LogP) is 5.11. The number of hydrogen-bond donors (Lipinski definition) is 1. The molecule has 2 aromatic carbocycles. The van der Waals surface area contributed by atoms with E-state index in [1.54, 1.807) is 26.0 Å². The van der Waals surface area contributed by atoms with Crippen LogP contribution in [0.25, 0.3) is 0 Å². The van der Waals surface area contributed by atoms with Crippen LogP contribution < -0.4 is 14.8 Å². The Morgan fingerprint density at radius 3 is 2.30 bits per heavy atom. The summed E-state index contributed by atoms with van der Waals surface area (Å²) in [6.45, 7) is 5.01. The zero-order chi connectivity index (χ0) is 19.4. The molecule has 0 saturated carbocycles. The van der Waals surface area contributed by atoms with E-state index in [2.05, 4.69) is 31.3 Å². The standard InChI is InChI=1S/C21H26N2O3S/c1-14(2)15-5-7-17(8-6-15)22-21(24)23-9-10-27-20(23)16-11-18(25-3)13-19(12-16)26-4/h5-8,11-14,20H,9-10H2,1-4H3,(H,22,24). The molecule has 1 aliphatic heterocycles. The van der Waals surface area contributed by atoms with Gasteiger partial charge in [-0.2, -0.15) is 0 Å². The number of amides is 2. The Morgan fingerprint density at radius 2 is 1.74 bits per heavy atom. The van der Waals surface area contributed by atoms with Crippen molar-refractivity contribution in [2.45, 2.75) is 25.1 Å². The van der Waals surface area contributed by atoms with Gasteiger partial charge in [0.1, 0.15) is 16.9 Å². The van der Waals surface area contributed by atoms with Crippen molar-refractivity contribution in [1.29, 1.82) is 0 Å². The molecule has 144 valence electrons. The normalized spacial score (nSPS) is 16.5. The molecule has 1 heterocycles. The van der Waals surface area contributed by atoms with Gasteiger partial charge in [0.15, 0.2) is 0 Å². The number of benzene rings is 2. The number of urea groups is 1. The number of nitrogens with one attached hydrogen (secondary N) is 1. The minimum Gasteiger partial charge on any atom is -0.497 e. The molecule has 1 fully saturated rings. The van der Waals surface area contributed by atoms with Gasteiger partial charge < -0.3 is 19.7 Å². The van der Waals surface area contributed by atoms with Gasteiger partial charge in [-0.3, -0.25) is 0 Å². The van der Waals surface area contributed by atoms with Crippen LogP contribution in [0.4, 0.5) is 10.5 Å². The summed E-state index contributed by atoms with van der Waals surface area (Å²) in [5.41, 5.74) is 3.06. The Labute approximate surface area is 165 Å². The van der Waals surface area contributed by atoms with E-state index in [4.69, 9.17) is 9.47 Å². The number of carbonyl (C=O) groups excluding carboxylic acids is 1.